The normalized spacial score (nSPS) is 11.1. The van der Waals surface area contributed by atoms with E-state index in [2.05, 4.69) is 19.2 Å². The zero-order valence-electron chi connectivity index (χ0n) is 11.8. The summed E-state index contributed by atoms with van der Waals surface area (Å²) in [6, 6.07) is 9.84. The smallest absolute Gasteiger partial charge is 0.159 e. The second-order valence-electron chi connectivity index (χ2n) is 4.97. The molecule has 2 aromatic rings. The summed E-state index contributed by atoms with van der Waals surface area (Å²) in [5, 5.41) is 3.99. The lowest BCUT2D eigenvalue weighted by Crippen LogP contribution is -2.22. The van der Waals surface area contributed by atoms with E-state index >= 15 is 0 Å². The van der Waals surface area contributed by atoms with Gasteiger partial charge in [0.1, 0.15) is 0 Å². The molecule has 0 spiro atoms. The molecule has 0 unspecified atom stereocenters. The molecule has 0 bridgehead atoms. The van der Waals surface area contributed by atoms with Gasteiger partial charge in [0.15, 0.2) is 11.6 Å². The van der Waals surface area contributed by atoms with Crippen LogP contribution in [0.25, 0.3) is 0 Å². The highest BCUT2D eigenvalue weighted by Gasteiger charge is 2.09. The summed E-state index contributed by atoms with van der Waals surface area (Å²) in [5.41, 5.74) is 1.03. The van der Waals surface area contributed by atoms with Gasteiger partial charge in [-0.05, 0) is 42.0 Å². The number of nitrogens with one attached hydrogen (secondary N) is 1. The van der Waals surface area contributed by atoms with Crippen molar-refractivity contribution in [1.82, 2.24) is 5.32 Å². The van der Waals surface area contributed by atoms with Crippen molar-refractivity contribution in [2.24, 2.45) is 0 Å². The van der Waals surface area contributed by atoms with Gasteiger partial charge in [0.25, 0.3) is 0 Å². The molecule has 0 aliphatic carbocycles. The minimum Gasteiger partial charge on any atom is -0.310 e. The first kappa shape index (κ1) is 16.3. The summed E-state index contributed by atoms with van der Waals surface area (Å²) in [6.07, 6.45) is 0. The van der Waals surface area contributed by atoms with Crippen LogP contribution in [0, 0.1) is 11.6 Å². The van der Waals surface area contributed by atoms with Crippen LogP contribution in [-0.4, -0.2) is 6.04 Å². The first-order chi connectivity index (χ1) is 9.95. The molecule has 21 heavy (non-hydrogen) atoms. The fourth-order valence-corrected chi connectivity index (χ4v) is 2.91. The van der Waals surface area contributed by atoms with E-state index in [1.807, 2.05) is 12.1 Å². The van der Waals surface area contributed by atoms with Crippen LogP contribution in [0.5, 0.6) is 0 Å². The van der Waals surface area contributed by atoms with Crippen LogP contribution in [0.2, 0.25) is 5.02 Å². The average molecular weight is 328 g/mol. The Hall–Kier alpha value is -1.10. The van der Waals surface area contributed by atoms with Gasteiger partial charge in [0.2, 0.25) is 0 Å². The van der Waals surface area contributed by atoms with Crippen LogP contribution in [0.15, 0.2) is 46.2 Å². The summed E-state index contributed by atoms with van der Waals surface area (Å²) < 4.78 is 26.2. The largest absolute Gasteiger partial charge is 0.310 e. The summed E-state index contributed by atoms with van der Waals surface area (Å²) in [5.74, 6) is -1.67. The third kappa shape index (κ3) is 4.70. The van der Waals surface area contributed by atoms with Gasteiger partial charge in [0, 0.05) is 27.4 Å². The number of benzene rings is 2. The van der Waals surface area contributed by atoms with Gasteiger partial charge < -0.3 is 5.32 Å². The fourth-order valence-electron chi connectivity index (χ4n) is 1.77. The van der Waals surface area contributed by atoms with E-state index in [-0.39, 0.29) is 0 Å². The summed E-state index contributed by atoms with van der Waals surface area (Å²) >= 11 is 7.43. The lowest BCUT2D eigenvalue weighted by atomic mass is 10.2. The molecule has 0 fully saturated rings. The molecule has 2 aromatic carbocycles. The molecule has 0 amide bonds. The summed E-state index contributed by atoms with van der Waals surface area (Å²) in [6.45, 7) is 4.80. The molecule has 0 radical (unpaired) electrons. The Balaban J connectivity index is 2.23. The second kappa shape index (κ2) is 7.25. The van der Waals surface area contributed by atoms with Crippen LogP contribution in [0.3, 0.4) is 0 Å². The topological polar surface area (TPSA) is 12.0 Å². The first-order valence-electron chi connectivity index (χ1n) is 6.60. The van der Waals surface area contributed by atoms with E-state index in [9.17, 15) is 8.78 Å². The average Bonchev–Trinajstić information content (AvgIpc) is 2.43. The third-order valence-corrected chi connectivity index (χ3v) is 4.19. The molecule has 1 nitrogen and oxygen atoms in total. The highest BCUT2D eigenvalue weighted by Crippen LogP contribution is 2.32. The van der Waals surface area contributed by atoms with Crippen LogP contribution >= 0.6 is 23.4 Å². The molecule has 0 aliphatic heterocycles. The van der Waals surface area contributed by atoms with Crippen molar-refractivity contribution in [2.75, 3.05) is 0 Å². The minimum absolute atomic E-state index is 0.352. The van der Waals surface area contributed by atoms with E-state index in [4.69, 9.17) is 11.6 Å². The highest BCUT2D eigenvalue weighted by molar-refractivity contribution is 7.99. The van der Waals surface area contributed by atoms with Gasteiger partial charge >= 0.3 is 0 Å². The highest BCUT2D eigenvalue weighted by atomic mass is 35.5. The third-order valence-electron chi connectivity index (χ3n) is 2.84. The van der Waals surface area contributed by atoms with Crippen molar-refractivity contribution in [3.8, 4) is 0 Å². The molecule has 2 rings (SSSR count). The van der Waals surface area contributed by atoms with Crippen molar-refractivity contribution in [2.45, 2.75) is 36.2 Å². The van der Waals surface area contributed by atoms with Crippen molar-refractivity contribution in [3.63, 3.8) is 0 Å². The summed E-state index contributed by atoms with van der Waals surface area (Å²) in [7, 11) is 0. The van der Waals surface area contributed by atoms with E-state index < -0.39 is 11.6 Å². The zero-order chi connectivity index (χ0) is 15.4. The van der Waals surface area contributed by atoms with Crippen molar-refractivity contribution in [3.05, 3.63) is 58.6 Å². The number of hydrogen-bond acceptors (Lipinski definition) is 2. The quantitative estimate of drug-likeness (QED) is 0.803. The fraction of sp³-hybridized carbons (Fsp3) is 0.250. The lowest BCUT2D eigenvalue weighted by Gasteiger charge is -2.13. The Morgan fingerprint density at radius 2 is 1.86 bits per heavy atom. The van der Waals surface area contributed by atoms with Gasteiger partial charge in [-0.2, -0.15) is 0 Å². The van der Waals surface area contributed by atoms with Crippen molar-refractivity contribution >= 4 is 23.4 Å². The molecule has 0 aliphatic rings. The SMILES string of the molecule is CC(C)NCc1cc(Cl)ccc1Sc1ccc(F)c(F)c1. The van der Waals surface area contributed by atoms with Crippen molar-refractivity contribution in [1.29, 1.82) is 0 Å². The monoisotopic (exact) mass is 327 g/mol. The van der Waals surface area contributed by atoms with Gasteiger partial charge in [-0.1, -0.05) is 37.2 Å². The molecule has 0 aromatic heterocycles. The molecule has 0 atom stereocenters. The van der Waals surface area contributed by atoms with E-state index in [1.165, 1.54) is 17.8 Å². The summed E-state index contributed by atoms with van der Waals surface area (Å²) in [4.78, 5) is 1.63. The molecule has 1 N–H and O–H groups in total. The maximum atomic E-state index is 13.3. The van der Waals surface area contributed by atoms with E-state index in [1.54, 1.807) is 12.1 Å². The lowest BCUT2D eigenvalue weighted by molar-refractivity contribution is 0.506. The van der Waals surface area contributed by atoms with E-state index in [0.29, 0.717) is 22.5 Å². The molecule has 0 heterocycles. The first-order valence-corrected chi connectivity index (χ1v) is 7.80. The number of halogens is 3. The molecular formula is C16H16ClF2NS. The Bertz CT molecular complexity index is 632. The second-order valence-corrected chi connectivity index (χ2v) is 6.52. The molecule has 0 saturated carbocycles. The number of hydrogen-bond donors (Lipinski definition) is 1. The van der Waals surface area contributed by atoms with E-state index in [0.717, 1.165) is 16.5 Å². The van der Waals surface area contributed by atoms with Gasteiger partial charge in [0.05, 0.1) is 0 Å². The van der Waals surface area contributed by atoms with Crippen LogP contribution in [-0.2, 0) is 6.54 Å². The predicted octanol–water partition coefficient (Wildman–Crippen LogP) is 5.27. The van der Waals surface area contributed by atoms with Crippen LogP contribution in [0.4, 0.5) is 8.78 Å². The Kier molecular flexibility index (Phi) is 5.62. The molecule has 112 valence electrons. The standard InChI is InChI=1S/C16H16ClF2NS/c1-10(2)20-9-11-7-12(17)3-6-16(11)21-13-4-5-14(18)15(19)8-13/h3-8,10,20H,9H2,1-2H3. The Morgan fingerprint density at radius 3 is 2.52 bits per heavy atom. The predicted molar refractivity (Wildman–Crippen MR) is 83.9 cm³/mol. The van der Waals surface area contributed by atoms with Crippen LogP contribution < -0.4 is 5.32 Å². The van der Waals surface area contributed by atoms with Gasteiger partial charge in [-0.25, -0.2) is 8.78 Å². The molecule has 5 heteroatoms. The Morgan fingerprint density at radius 1 is 1.10 bits per heavy atom. The van der Waals surface area contributed by atoms with Crippen LogP contribution in [0.1, 0.15) is 19.4 Å². The zero-order valence-corrected chi connectivity index (χ0v) is 13.4. The molecule has 0 saturated heterocycles. The molecular weight excluding hydrogens is 312 g/mol. The van der Waals surface area contributed by atoms with Crippen molar-refractivity contribution < 1.29 is 8.78 Å². The number of rotatable bonds is 5. The van der Waals surface area contributed by atoms with Gasteiger partial charge in [-0.3, -0.25) is 0 Å². The van der Waals surface area contributed by atoms with Gasteiger partial charge in [-0.15, -0.1) is 0 Å². The Labute approximate surface area is 132 Å². The minimum atomic E-state index is -0.837. The maximum absolute atomic E-state index is 13.3. The maximum Gasteiger partial charge on any atom is 0.159 e.